The van der Waals surface area contributed by atoms with Crippen molar-refractivity contribution in [3.05, 3.63) is 59.5 Å². The Morgan fingerprint density at radius 3 is 2.55 bits per heavy atom. The fraction of sp³-hybridized carbons (Fsp3) is 0.286. The summed E-state index contributed by atoms with van der Waals surface area (Å²) in [6.07, 6.45) is 8.33. The molecule has 170 valence electrons. The van der Waals surface area contributed by atoms with Crippen LogP contribution in [0.5, 0.6) is 5.75 Å². The van der Waals surface area contributed by atoms with Crippen LogP contribution in [0.2, 0.25) is 0 Å². The summed E-state index contributed by atoms with van der Waals surface area (Å²) in [5.74, 6) is 0.991. The molecule has 0 amide bonds. The minimum absolute atomic E-state index is 0.0813. The summed E-state index contributed by atoms with van der Waals surface area (Å²) in [7, 11) is 0. The van der Waals surface area contributed by atoms with Crippen molar-refractivity contribution in [1.82, 2.24) is 29.5 Å². The van der Waals surface area contributed by atoms with Crippen molar-refractivity contribution in [2.75, 3.05) is 10.6 Å². The number of pyridine rings is 2. The SMILES string of the molecule is O=c1[nH]c2ncccc2n1-c1ccc(N[C@H]2CC[C@H](Nc3ncc(OC(F)F)cn3)C2)nc1. The number of anilines is 2. The Labute approximate surface area is 186 Å². The van der Waals surface area contributed by atoms with E-state index in [0.29, 0.717) is 28.6 Å². The molecule has 1 saturated carbocycles. The van der Waals surface area contributed by atoms with Gasteiger partial charge in [0, 0.05) is 18.3 Å². The summed E-state index contributed by atoms with van der Waals surface area (Å²) in [5, 5.41) is 6.62. The Morgan fingerprint density at radius 2 is 1.82 bits per heavy atom. The molecular weight excluding hydrogens is 434 g/mol. The quantitative estimate of drug-likeness (QED) is 0.390. The Balaban J connectivity index is 1.19. The topological polar surface area (TPSA) is 123 Å². The van der Waals surface area contributed by atoms with Gasteiger partial charge in [0.05, 0.1) is 29.8 Å². The second-order valence-corrected chi connectivity index (χ2v) is 7.65. The van der Waals surface area contributed by atoms with Gasteiger partial charge in [-0.1, -0.05) is 0 Å². The minimum atomic E-state index is -2.91. The number of hydrogen-bond acceptors (Lipinski definition) is 8. The summed E-state index contributed by atoms with van der Waals surface area (Å²) < 4.78 is 30.2. The van der Waals surface area contributed by atoms with Crippen molar-refractivity contribution >= 4 is 22.9 Å². The van der Waals surface area contributed by atoms with E-state index in [1.54, 1.807) is 18.5 Å². The Morgan fingerprint density at radius 1 is 1.03 bits per heavy atom. The fourth-order valence-electron chi connectivity index (χ4n) is 3.99. The lowest BCUT2D eigenvalue weighted by Gasteiger charge is -2.15. The van der Waals surface area contributed by atoms with E-state index >= 15 is 0 Å². The molecule has 1 fully saturated rings. The molecule has 2 atom stereocenters. The molecule has 0 aliphatic heterocycles. The van der Waals surface area contributed by atoms with Gasteiger partial charge in [0.25, 0.3) is 0 Å². The molecule has 33 heavy (non-hydrogen) atoms. The van der Waals surface area contributed by atoms with Gasteiger partial charge in [0.15, 0.2) is 11.4 Å². The molecule has 4 aromatic heterocycles. The highest BCUT2D eigenvalue weighted by atomic mass is 19.3. The maximum atomic E-state index is 12.3. The number of rotatable bonds is 7. The average molecular weight is 454 g/mol. The molecule has 0 unspecified atom stereocenters. The summed E-state index contributed by atoms with van der Waals surface area (Å²) in [4.78, 5) is 31.7. The fourth-order valence-corrected chi connectivity index (χ4v) is 3.99. The number of alkyl halides is 2. The molecule has 1 aliphatic rings. The predicted molar refractivity (Wildman–Crippen MR) is 117 cm³/mol. The number of H-pyrrole nitrogens is 1. The smallest absolute Gasteiger partial charge is 0.387 e. The van der Waals surface area contributed by atoms with Crippen molar-refractivity contribution in [2.45, 2.75) is 38.0 Å². The molecule has 5 rings (SSSR count). The molecule has 3 N–H and O–H groups in total. The normalized spacial score (nSPS) is 18.0. The first kappa shape index (κ1) is 20.8. The molecule has 0 radical (unpaired) electrons. The van der Waals surface area contributed by atoms with Crippen LogP contribution in [-0.4, -0.2) is 48.2 Å². The highest BCUT2D eigenvalue weighted by Gasteiger charge is 2.25. The van der Waals surface area contributed by atoms with Crippen molar-refractivity contribution in [3.8, 4) is 11.4 Å². The number of halogens is 2. The zero-order valence-corrected chi connectivity index (χ0v) is 17.3. The molecule has 1 aliphatic carbocycles. The van der Waals surface area contributed by atoms with Gasteiger partial charge >= 0.3 is 12.3 Å². The van der Waals surface area contributed by atoms with E-state index in [9.17, 15) is 13.6 Å². The van der Waals surface area contributed by atoms with Gasteiger partial charge in [-0.05, 0) is 43.5 Å². The predicted octanol–water partition coefficient (Wildman–Crippen LogP) is 2.95. The number of hydrogen-bond donors (Lipinski definition) is 3. The number of ether oxygens (including phenoxy) is 1. The molecule has 10 nitrogen and oxygen atoms in total. The van der Waals surface area contributed by atoms with Crippen LogP contribution in [0.25, 0.3) is 16.9 Å². The van der Waals surface area contributed by atoms with Gasteiger partial charge in [-0.3, -0.25) is 9.55 Å². The molecule has 4 heterocycles. The van der Waals surface area contributed by atoms with E-state index in [4.69, 9.17) is 0 Å². The van der Waals surface area contributed by atoms with Crippen LogP contribution < -0.4 is 21.1 Å². The van der Waals surface area contributed by atoms with Gasteiger partial charge in [-0.25, -0.2) is 24.7 Å². The van der Waals surface area contributed by atoms with E-state index in [1.165, 1.54) is 17.0 Å². The Kier molecular flexibility index (Phi) is 5.55. The molecule has 0 saturated heterocycles. The second-order valence-electron chi connectivity index (χ2n) is 7.65. The Bertz CT molecular complexity index is 1290. The lowest BCUT2D eigenvalue weighted by Crippen LogP contribution is -2.22. The number of imidazole rings is 1. The summed E-state index contributed by atoms with van der Waals surface area (Å²) >= 11 is 0. The minimum Gasteiger partial charge on any atom is -0.432 e. The van der Waals surface area contributed by atoms with E-state index in [2.05, 4.69) is 40.3 Å². The van der Waals surface area contributed by atoms with Crippen molar-refractivity contribution in [2.24, 2.45) is 0 Å². The second kappa shape index (κ2) is 8.81. The van der Waals surface area contributed by atoms with E-state index in [1.807, 2.05) is 18.2 Å². The molecule has 12 heteroatoms. The lowest BCUT2D eigenvalue weighted by atomic mass is 10.2. The van der Waals surface area contributed by atoms with Crippen LogP contribution in [0.3, 0.4) is 0 Å². The van der Waals surface area contributed by atoms with Gasteiger partial charge in [-0.2, -0.15) is 8.78 Å². The van der Waals surface area contributed by atoms with E-state index < -0.39 is 6.61 Å². The summed E-state index contributed by atoms with van der Waals surface area (Å²) in [6.45, 7) is -2.91. The zero-order chi connectivity index (χ0) is 22.8. The molecule has 0 spiro atoms. The monoisotopic (exact) mass is 454 g/mol. The largest absolute Gasteiger partial charge is 0.432 e. The summed E-state index contributed by atoms with van der Waals surface area (Å²) in [6, 6.07) is 7.60. The molecule has 4 aromatic rings. The summed E-state index contributed by atoms with van der Waals surface area (Å²) in [5.41, 5.74) is 1.58. The van der Waals surface area contributed by atoms with Crippen molar-refractivity contribution < 1.29 is 13.5 Å². The number of fused-ring (bicyclic) bond motifs is 1. The van der Waals surface area contributed by atoms with Gasteiger partial charge in [0.2, 0.25) is 5.95 Å². The van der Waals surface area contributed by atoms with Crippen LogP contribution in [-0.2, 0) is 0 Å². The number of aromatic nitrogens is 6. The molecule has 0 bridgehead atoms. The first-order chi connectivity index (χ1) is 16.0. The van der Waals surface area contributed by atoms with Crippen LogP contribution in [0.4, 0.5) is 20.5 Å². The van der Waals surface area contributed by atoms with Gasteiger partial charge in [-0.15, -0.1) is 0 Å². The van der Waals surface area contributed by atoms with Gasteiger partial charge in [0.1, 0.15) is 5.82 Å². The maximum Gasteiger partial charge on any atom is 0.387 e. The van der Waals surface area contributed by atoms with E-state index in [-0.39, 0.29) is 23.5 Å². The van der Waals surface area contributed by atoms with Crippen molar-refractivity contribution in [3.63, 3.8) is 0 Å². The first-order valence-corrected chi connectivity index (χ1v) is 10.4. The Hall–Kier alpha value is -4.09. The lowest BCUT2D eigenvalue weighted by molar-refractivity contribution is -0.0503. The standard InChI is InChI=1S/C21H20F2N8O2/c22-19(23)33-15-10-26-20(27-11-15)29-13-4-3-12(8-13)28-17-6-5-14(9-25-17)31-16-2-1-7-24-18(16)30-21(31)32/h1-2,5-7,9-13,19H,3-4,8H2,(H,25,28)(H,24,30,32)(H,26,27,29)/t12-,13-/m0/s1. The highest BCUT2D eigenvalue weighted by Crippen LogP contribution is 2.25. The van der Waals surface area contributed by atoms with Crippen LogP contribution in [0.1, 0.15) is 19.3 Å². The van der Waals surface area contributed by atoms with E-state index in [0.717, 1.165) is 19.3 Å². The molecule has 0 aromatic carbocycles. The average Bonchev–Trinajstić information content (AvgIpc) is 3.38. The maximum absolute atomic E-state index is 12.3. The van der Waals surface area contributed by atoms with Crippen molar-refractivity contribution in [1.29, 1.82) is 0 Å². The first-order valence-electron chi connectivity index (χ1n) is 10.4. The third kappa shape index (κ3) is 4.59. The number of nitrogens with one attached hydrogen (secondary N) is 3. The number of aromatic amines is 1. The molecular formula is C21H20F2N8O2. The number of nitrogens with zero attached hydrogens (tertiary/aromatic N) is 5. The van der Waals surface area contributed by atoms with Crippen LogP contribution >= 0.6 is 0 Å². The highest BCUT2D eigenvalue weighted by molar-refractivity contribution is 5.72. The van der Waals surface area contributed by atoms with Gasteiger partial charge < -0.3 is 15.4 Å². The zero-order valence-electron chi connectivity index (χ0n) is 17.3. The third-order valence-corrected chi connectivity index (χ3v) is 5.43. The van der Waals surface area contributed by atoms with Crippen LogP contribution in [0.15, 0.2) is 53.8 Å². The van der Waals surface area contributed by atoms with Crippen LogP contribution in [0, 0.1) is 0 Å². The third-order valence-electron chi connectivity index (χ3n) is 5.43.